The van der Waals surface area contributed by atoms with Crippen molar-refractivity contribution in [1.29, 1.82) is 0 Å². The van der Waals surface area contributed by atoms with Crippen molar-refractivity contribution in [3.05, 3.63) is 64.0 Å². The summed E-state index contributed by atoms with van der Waals surface area (Å²) in [7, 11) is 0. The molecular formula is C17H18Cl2N6S. The first-order valence-corrected chi connectivity index (χ1v) is 9.25. The number of hydrogen-bond donors (Lipinski definition) is 2. The zero-order valence-corrected chi connectivity index (χ0v) is 16.4. The molecule has 0 aliphatic heterocycles. The van der Waals surface area contributed by atoms with E-state index in [0.717, 1.165) is 22.8 Å². The maximum atomic E-state index is 6.18. The molecule has 0 aliphatic carbocycles. The molecule has 0 unspecified atom stereocenters. The zero-order valence-electron chi connectivity index (χ0n) is 14.1. The minimum Gasteiger partial charge on any atom is -0.357 e. The number of thiocarbonyl (C=S) groups is 1. The third kappa shape index (κ3) is 4.75. The van der Waals surface area contributed by atoms with E-state index in [1.54, 1.807) is 15.6 Å². The fraction of sp³-hybridized carbons (Fsp3) is 0.235. The van der Waals surface area contributed by atoms with Crippen molar-refractivity contribution in [2.24, 2.45) is 0 Å². The van der Waals surface area contributed by atoms with Crippen molar-refractivity contribution in [2.75, 3.05) is 5.32 Å². The lowest BCUT2D eigenvalue weighted by Gasteiger charge is -2.08. The van der Waals surface area contributed by atoms with E-state index in [0.29, 0.717) is 29.0 Å². The molecule has 1 aromatic carbocycles. The first kappa shape index (κ1) is 18.7. The molecule has 0 amide bonds. The molecule has 0 atom stereocenters. The Kier molecular flexibility index (Phi) is 6.13. The van der Waals surface area contributed by atoms with E-state index in [-0.39, 0.29) is 0 Å². The van der Waals surface area contributed by atoms with E-state index in [1.165, 1.54) is 0 Å². The molecule has 2 heterocycles. The number of aromatic nitrogens is 4. The van der Waals surface area contributed by atoms with Crippen LogP contribution in [0.15, 0.2) is 42.7 Å². The Labute approximate surface area is 167 Å². The van der Waals surface area contributed by atoms with Gasteiger partial charge in [0.05, 0.1) is 18.1 Å². The Balaban J connectivity index is 1.54. The van der Waals surface area contributed by atoms with E-state index >= 15 is 0 Å². The van der Waals surface area contributed by atoms with Crippen LogP contribution in [-0.2, 0) is 19.6 Å². The lowest BCUT2D eigenvalue weighted by molar-refractivity contribution is 0.643. The molecule has 0 bridgehead atoms. The lowest BCUT2D eigenvalue weighted by atomic mass is 10.2. The van der Waals surface area contributed by atoms with Gasteiger partial charge in [0.1, 0.15) is 5.69 Å². The smallest absolute Gasteiger partial charge is 0.172 e. The fourth-order valence-electron chi connectivity index (χ4n) is 2.36. The number of rotatable bonds is 6. The normalized spacial score (nSPS) is 10.7. The minimum atomic E-state index is 0.442. The van der Waals surface area contributed by atoms with Crippen LogP contribution in [0.3, 0.4) is 0 Å². The quantitative estimate of drug-likeness (QED) is 0.604. The maximum Gasteiger partial charge on any atom is 0.172 e. The van der Waals surface area contributed by atoms with Crippen molar-refractivity contribution in [1.82, 2.24) is 24.9 Å². The number of nitrogens with one attached hydrogen (secondary N) is 2. The fourth-order valence-corrected chi connectivity index (χ4v) is 2.95. The number of aryl methyl sites for hydroxylation is 1. The molecule has 0 saturated carbocycles. The summed E-state index contributed by atoms with van der Waals surface area (Å²) in [6.07, 6.45) is 3.67. The Morgan fingerprint density at radius 1 is 1.12 bits per heavy atom. The van der Waals surface area contributed by atoms with Gasteiger partial charge in [-0.05, 0) is 30.8 Å². The molecular weight excluding hydrogens is 391 g/mol. The summed E-state index contributed by atoms with van der Waals surface area (Å²) in [6, 6.07) is 9.55. The van der Waals surface area contributed by atoms with Crippen LogP contribution in [0.4, 0.5) is 5.82 Å². The summed E-state index contributed by atoms with van der Waals surface area (Å²) in [4.78, 5) is 0. The molecule has 0 fully saturated rings. The van der Waals surface area contributed by atoms with Gasteiger partial charge >= 0.3 is 0 Å². The molecule has 3 rings (SSSR count). The van der Waals surface area contributed by atoms with Gasteiger partial charge in [0.15, 0.2) is 10.9 Å². The van der Waals surface area contributed by atoms with Gasteiger partial charge in [0, 0.05) is 30.0 Å². The standard InChI is InChI=1S/C17H18Cl2N6S/c1-2-24-11-14(19)15(22-24)9-20-17(26)21-16-7-8-25(23-16)10-12-5-3-4-6-13(12)18/h3-8,11H,2,9-10H2,1H3,(H2,20,21,23,26). The number of halogens is 2. The highest BCUT2D eigenvalue weighted by Gasteiger charge is 2.08. The molecule has 0 saturated heterocycles. The van der Waals surface area contributed by atoms with Crippen LogP contribution in [0, 0.1) is 0 Å². The Morgan fingerprint density at radius 3 is 2.65 bits per heavy atom. The second-order valence-electron chi connectivity index (χ2n) is 5.58. The minimum absolute atomic E-state index is 0.442. The molecule has 2 aromatic heterocycles. The highest BCUT2D eigenvalue weighted by molar-refractivity contribution is 7.80. The van der Waals surface area contributed by atoms with Gasteiger partial charge in [0.2, 0.25) is 0 Å². The van der Waals surface area contributed by atoms with Crippen molar-refractivity contribution < 1.29 is 0 Å². The van der Waals surface area contributed by atoms with Crippen LogP contribution < -0.4 is 10.6 Å². The highest BCUT2D eigenvalue weighted by Crippen LogP contribution is 2.16. The number of hydrogen-bond acceptors (Lipinski definition) is 3. The highest BCUT2D eigenvalue weighted by atomic mass is 35.5. The summed E-state index contributed by atoms with van der Waals surface area (Å²) in [5, 5.41) is 16.7. The number of nitrogens with zero attached hydrogens (tertiary/aromatic N) is 4. The Morgan fingerprint density at radius 2 is 1.92 bits per heavy atom. The van der Waals surface area contributed by atoms with Crippen LogP contribution in [0.5, 0.6) is 0 Å². The molecule has 2 N–H and O–H groups in total. The van der Waals surface area contributed by atoms with E-state index in [1.807, 2.05) is 43.5 Å². The molecule has 6 nitrogen and oxygen atoms in total. The molecule has 3 aromatic rings. The molecule has 0 spiro atoms. The number of anilines is 1. The molecule has 26 heavy (non-hydrogen) atoms. The van der Waals surface area contributed by atoms with Crippen molar-refractivity contribution in [3.8, 4) is 0 Å². The van der Waals surface area contributed by atoms with Gasteiger partial charge < -0.3 is 10.6 Å². The van der Waals surface area contributed by atoms with Crippen LogP contribution in [0.1, 0.15) is 18.2 Å². The number of benzene rings is 1. The topological polar surface area (TPSA) is 59.7 Å². The lowest BCUT2D eigenvalue weighted by Crippen LogP contribution is -2.28. The first-order chi connectivity index (χ1) is 12.5. The molecule has 9 heteroatoms. The average molecular weight is 409 g/mol. The van der Waals surface area contributed by atoms with Gasteiger partial charge in [-0.3, -0.25) is 9.36 Å². The van der Waals surface area contributed by atoms with Gasteiger partial charge in [-0.1, -0.05) is 41.4 Å². The third-order valence-electron chi connectivity index (χ3n) is 3.70. The maximum absolute atomic E-state index is 6.18. The van der Waals surface area contributed by atoms with E-state index in [9.17, 15) is 0 Å². The summed E-state index contributed by atoms with van der Waals surface area (Å²) < 4.78 is 3.58. The van der Waals surface area contributed by atoms with Gasteiger partial charge in [0.25, 0.3) is 0 Å². The van der Waals surface area contributed by atoms with Crippen LogP contribution >= 0.6 is 35.4 Å². The predicted octanol–water partition coefficient (Wildman–Crippen LogP) is 3.94. The summed E-state index contributed by atoms with van der Waals surface area (Å²) >= 11 is 17.6. The van der Waals surface area contributed by atoms with Gasteiger partial charge in [-0.15, -0.1) is 0 Å². The van der Waals surface area contributed by atoms with E-state index in [4.69, 9.17) is 35.4 Å². The Hall–Kier alpha value is -2.09. The summed E-state index contributed by atoms with van der Waals surface area (Å²) in [6.45, 7) is 3.81. The summed E-state index contributed by atoms with van der Waals surface area (Å²) in [5.74, 6) is 0.653. The zero-order chi connectivity index (χ0) is 18.5. The SMILES string of the molecule is CCn1cc(Cl)c(CNC(=S)Nc2ccn(Cc3ccccc3Cl)n2)n1. The molecule has 0 aliphatic rings. The predicted molar refractivity (Wildman–Crippen MR) is 109 cm³/mol. The van der Waals surface area contributed by atoms with Gasteiger partial charge in [-0.25, -0.2) is 0 Å². The van der Waals surface area contributed by atoms with Crippen LogP contribution in [0.25, 0.3) is 0 Å². The first-order valence-electron chi connectivity index (χ1n) is 8.08. The second kappa shape index (κ2) is 8.53. The van der Waals surface area contributed by atoms with Crippen molar-refractivity contribution >= 4 is 46.4 Å². The van der Waals surface area contributed by atoms with Crippen LogP contribution in [0.2, 0.25) is 10.0 Å². The second-order valence-corrected chi connectivity index (χ2v) is 6.80. The van der Waals surface area contributed by atoms with Gasteiger partial charge in [-0.2, -0.15) is 10.2 Å². The van der Waals surface area contributed by atoms with Crippen molar-refractivity contribution in [2.45, 2.75) is 26.6 Å². The average Bonchev–Trinajstić information content (AvgIpc) is 3.21. The Bertz CT molecular complexity index is 904. The van der Waals surface area contributed by atoms with Crippen molar-refractivity contribution in [3.63, 3.8) is 0 Å². The summed E-state index contributed by atoms with van der Waals surface area (Å²) in [5.41, 5.74) is 1.76. The monoisotopic (exact) mass is 408 g/mol. The van der Waals surface area contributed by atoms with E-state index < -0.39 is 0 Å². The third-order valence-corrected chi connectivity index (χ3v) is 4.63. The molecule has 136 valence electrons. The van der Waals surface area contributed by atoms with Crippen LogP contribution in [-0.4, -0.2) is 24.7 Å². The van der Waals surface area contributed by atoms with E-state index in [2.05, 4.69) is 20.8 Å². The largest absolute Gasteiger partial charge is 0.357 e. The molecule has 0 radical (unpaired) electrons.